The molecule has 0 saturated heterocycles. The number of aryl methyl sites for hydroxylation is 1. The lowest BCUT2D eigenvalue weighted by Gasteiger charge is -2.10. The van der Waals surface area contributed by atoms with Gasteiger partial charge in [0.1, 0.15) is 11.4 Å². The minimum atomic E-state index is -0.397. The molecule has 0 aliphatic heterocycles. The molecule has 80 valence electrons. The first kappa shape index (κ1) is 9.66. The fourth-order valence-electron chi connectivity index (χ4n) is 1.44. The fraction of sp³-hybridized carbons (Fsp3) is 0.375. The molecule has 1 unspecified atom stereocenters. The van der Waals surface area contributed by atoms with Gasteiger partial charge in [-0.15, -0.1) is 0 Å². The summed E-state index contributed by atoms with van der Waals surface area (Å²) in [5.41, 5.74) is 7.44. The van der Waals surface area contributed by atoms with Crippen molar-refractivity contribution in [3.05, 3.63) is 23.8 Å². The summed E-state index contributed by atoms with van der Waals surface area (Å²) in [6.45, 7) is 0. The number of nitrogens with zero attached hydrogens (tertiary/aromatic N) is 4. The van der Waals surface area contributed by atoms with E-state index in [1.165, 1.54) is 0 Å². The van der Waals surface area contributed by atoms with Crippen LogP contribution in [0.4, 0.5) is 0 Å². The van der Waals surface area contributed by atoms with Crippen molar-refractivity contribution in [2.45, 2.75) is 6.04 Å². The summed E-state index contributed by atoms with van der Waals surface area (Å²) >= 11 is 0. The highest BCUT2D eigenvalue weighted by Gasteiger charge is 2.20. The summed E-state index contributed by atoms with van der Waals surface area (Å²) in [5.74, 6) is 0.646. The zero-order valence-corrected chi connectivity index (χ0v) is 8.51. The van der Waals surface area contributed by atoms with Gasteiger partial charge >= 0.3 is 0 Å². The van der Waals surface area contributed by atoms with Crippen LogP contribution >= 0.6 is 0 Å². The third-order valence-electron chi connectivity index (χ3n) is 2.22. The number of nitrogens with one attached hydrogen (secondary N) is 1. The summed E-state index contributed by atoms with van der Waals surface area (Å²) in [7, 11) is 3.38. The van der Waals surface area contributed by atoms with Gasteiger partial charge in [-0.1, -0.05) is 0 Å². The average Bonchev–Trinajstić information content (AvgIpc) is 2.85. The lowest BCUT2D eigenvalue weighted by Crippen LogP contribution is -2.17. The predicted molar refractivity (Wildman–Crippen MR) is 52.2 cm³/mol. The standard InChI is InChI=1S/C8H12N6O/c1-14-8(6(15-2)4-11-14)7(9)5-3-10-13-12-5/h3-4,7H,9H2,1-2H3,(H,10,12,13). The molecule has 0 aromatic carbocycles. The van der Waals surface area contributed by atoms with Crippen molar-refractivity contribution >= 4 is 0 Å². The van der Waals surface area contributed by atoms with Gasteiger partial charge in [0.25, 0.3) is 0 Å². The van der Waals surface area contributed by atoms with Gasteiger partial charge in [-0.25, -0.2) is 0 Å². The lowest BCUT2D eigenvalue weighted by molar-refractivity contribution is 0.405. The Balaban J connectivity index is 2.40. The Hall–Kier alpha value is -1.89. The van der Waals surface area contributed by atoms with Gasteiger partial charge in [0, 0.05) is 7.05 Å². The first-order valence-corrected chi connectivity index (χ1v) is 4.41. The van der Waals surface area contributed by atoms with Gasteiger partial charge < -0.3 is 10.5 Å². The summed E-state index contributed by atoms with van der Waals surface area (Å²) in [5, 5.41) is 14.2. The molecular formula is C8H12N6O. The van der Waals surface area contributed by atoms with Crippen LogP contribution in [0, 0.1) is 0 Å². The zero-order chi connectivity index (χ0) is 10.8. The van der Waals surface area contributed by atoms with Gasteiger partial charge in [-0.2, -0.15) is 20.5 Å². The summed E-state index contributed by atoms with van der Waals surface area (Å²) in [6.07, 6.45) is 3.20. The maximum atomic E-state index is 6.02. The average molecular weight is 208 g/mol. The smallest absolute Gasteiger partial charge is 0.161 e. The van der Waals surface area contributed by atoms with Crippen LogP contribution in [-0.2, 0) is 7.05 Å². The van der Waals surface area contributed by atoms with Crippen LogP contribution < -0.4 is 10.5 Å². The highest BCUT2D eigenvalue weighted by atomic mass is 16.5. The highest BCUT2D eigenvalue weighted by molar-refractivity contribution is 5.32. The zero-order valence-electron chi connectivity index (χ0n) is 8.51. The molecule has 2 aromatic rings. The molecule has 0 amide bonds. The van der Waals surface area contributed by atoms with Crippen molar-refractivity contribution in [1.82, 2.24) is 25.2 Å². The molecule has 3 N–H and O–H groups in total. The Labute approximate surface area is 86.2 Å². The molecule has 2 rings (SSSR count). The molecule has 0 spiro atoms. The number of hydrogen-bond acceptors (Lipinski definition) is 5. The summed E-state index contributed by atoms with van der Waals surface area (Å²) in [6, 6.07) is -0.397. The van der Waals surface area contributed by atoms with Gasteiger partial charge in [0.2, 0.25) is 0 Å². The summed E-state index contributed by atoms with van der Waals surface area (Å²) in [4.78, 5) is 0. The molecule has 7 nitrogen and oxygen atoms in total. The quantitative estimate of drug-likeness (QED) is 0.715. The molecule has 0 aliphatic carbocycles. The van der Waals surface area contributed by atoms with E-state index in [2.05, 4.69) is 20.5 Å². The van der Waals surface area contributed by atoms with E-state index < -0.39 is 6.04 Å². The second kappa shape index (κ2) is 3.70. The van der Waals surface area contributed by atoms with Crippen LogP contribution in [0.2, 0.25) is 0 Å². The van der Waals surface area contributed by atoms with Crippen molar-refractivity contribution in [3.8, 4) is 5.75 Å². The van der Waals surface area contributed by atoms with Gasteiger partial charge in [0.15, 0.2) is 5.75 Å². The van der Waals surface area contributed by atoms with Crippen LogP contribution in [-0.4, -0.2) is 32.3 Å². The molecule has 1 atom stereocenters. The number of aromatic amines is 1. The number of aromatic nitrogens is 5. The normalized spacial score (nSPS) is 12.7. The van der Waals surface area contributed by atoms with E-state index in [1.807, 2.05) is 0 Å². The Morgan fingerprint density at radius 2 is 2.33 bits per heavy atom. The second-order valence-corrected chi connectivity index (χ2v) is 3.09. The Morgan fingerprint density at radius 1 is 1.53 bits per heavy atom. The van der Waals surface area contributed by atoms with E-state index in [9.17, 15) is 0 Å². The van der Waals surface area contributed by atoms with Crippen molar-refractivity contribution in [1.29, 1.82) is 0 Å². The monoisotopic (exact) mass is 208 g/mol. The molecule has 0 bridgehead atoms. The molecule has 2 heterocycles. The summed E-state index contributed by atoms with van der Waals surface area (Å²) < 4.78 is 6.83. The highest BCUT2D eigenvalue weighted by Crippen LogP contribution is 2.25. The van der Waals surface area contributed by atoms with Crippen molar-refractivity contribution in [2.24, 2.45) is 12.8 Å². The third-order valence-corrected chi connectivity index (χ3v) is 2.22. The SMILES string of the molecule is COc1cnn(C)c1C(N)c1cn[nH]n1. The number of methoxy groups -OCH3 is 1. The number of H-pyrrole nitrogens is 1. The second-order valence-electron chi connectivity index (χ2n) is 3.09. The van der Waals surface area contributed by atoms with E-state index in [1.54, 1.807) is 31.2 Å². The topological polar surface area (TPSA) is 94.6 Å². The molecular weight excluding hydrogens is 196 g/mol. The third kappa shape index (κ3) is 1.57. The van der Waals surface area contributed by atoms with Crippen molar-refractivity contribution < 1.29 is 4.74 Å². The lowest BCUT2D eigenvalue weighted by atomic mass is 10.1. The van der Waals surface area contributed by atoms with Crippen LogP contribution in [0.3, 0.4) is 0 Å². The van der Waals surface area contributed by atoms with Gasteiger partial charge in [-0.05, 0) is 0 Å². The van der Waals surface area contributed by atoms with Gasteiger partial charge in [-0.3, -0.25) is 4.68 Å². The first-order valence-electron chi connectivity index (χ1n) is 4.41. The van der Waals surface area contributed by atoms with E-state index in [-0.39, 0.29) is 0 Å². The van der Waals surface area contributed by atoms with E-state index >= 15 is 0 Å². The van der Waals surface area contributed by atoms with Crippen LogP contribution in [0.15, 0.2) is 12.4 Å². The largest absolute Gasteiger partial charge is 0.493 e. The minimum Gasteiger partial charge on any atom is -0.493 e. The number of rotatable bonds is 3. The van der Waals surface area contributed by atoms with Crippen LogP contribution in [0.1, 0.15) is 17.4 Å². The number of ether oxygens (including phenoxy) is 1. The van der Waals surface area contributed by atoms with E-state index in [0.29, 0.717) is 11.4 Å². The van der Waals surface area contributed by atoms with E-state index in [0.717, 1.165) is 5.69 Å². The van der Waals surface area contributed by atoms with Crippen molar-refractivity contribution in [3.63, 3.8) is 0 Å². The molecule has 0 saturated carbocycles. The van der Waals surface area contributed by atoms with Crippen molar-refractivity contribution in [2.75, 3.05) is 7.11 Å². The Morgan fingerprint density at radius 3 is 2.93 bits per heavy atom. The molecule has 0 fully saturated rings. The molecule has 15 heavy (non-hydrogen) atoms. The Bertz CT molecular complexity index is 434. The Kier molecular flexibility index (Phi) is 2.38. The molecule has 0 radical (unpaired) electrons. The first-order chi connectivity index (χ1) is 7.24. The fourth-order valence-corrected chi connectivity index (χ4v) is 1.44. The number of hydrogen-bond donors (Lipinski definition) is 2. The van der Waals surface area contributed by atoms with Crippen LogP contribution in [0.25, 0.3) is 0 Å². The predicted octanol–water partition coefficient (Wildman–Crippen LogP) is -0.405. The van der Waals surface area contributed by atoms with E-state index in [4.69, 9.17) is 10.5 Å². The minimum absolute atomic E-state index is 0.397. The maximum absolute atomic E-state index is 6.02. The van der Waals surface area contributed by atoms with Gasteiger partial charge in [0.05, 0.1) is 25.5 Å². The molecule has 7 heteroatoms. The molecule has 2 aromatic heterocycles. The number of nitrogens with two attached hydrogens (primary N) is 1. The van der Waals surface area contributed by atoms with Crippen LogP contribution in [0.5, 0.6) is 5.75 Å². The molecule has 0 aliphatic rings. The maximum Gasteiger partial charge on any atom is 0.161 e.